The molecule has 0 aliphatic carbocycles. The fraction of sp³-hybridized carbons (Fsp3) is 0.250. The first kappa shape index (κ1) is 21.5. The van der Waals surface area contributed by atoms with Crippen LogP contribution in [0.3, 0.4) is 0 Å². The van der Waals surface area contributed by atoms with E-state index in [1.807, 2.05) is 24.3 Å². The molecule has 29 heavy (non-hydrogen) atoms. The average molecular weight is 404 g/mol. The molecule has 0 aliphatic rings. The summed E-state index contributed by atoms with van der Waals surface area (Å²) in [4.78, 5) is 0. The largest absolute Gasteiger partial charge is 0.488 e. The van der Waals surface area contributed by atoms with E-state index < -0.39 is 15.4 Å². The molecule has 0 saturated carbocycles. The van der Waals surface area contributed by atoms with Gasteiger partial charge in [0, 0.05) is 6.61 Å². The molecule has 3 aromatic rings. The van der Waals surface area contributed by atoms with Gasteiger partial charge in [0.25, 0.3) is 8.32 Å². The molecule has 0 aromatic heterocycles. The predicted octanol–water partition coefficient (Wildman–Crippen LogP) is 2.49. The maximum absolute atomic E-state index is 9.28. The van der Waals surface area contributed by atoms with E-state index in [9.17, 15) is 10.0 Å². The van der Waals surface area contributed by atoms with Gasteiger partial charge in [0.05, 0.1) is 0 Å². The van der Waals surface area contributed by atoms with E-state index in [2.05, 4.69) is 69.3 Å². The minimum Gasteiger partial charge on any atom is -0.423 e. The highest BCUT2D eigenvalue weighted by molar-refractivity contribution is 6.99. The summed E-state index contributed by atoms with van der Waals surface area (Å²) >= 11 is 0. The zero-order chi connectivity index (χ0) is 20.9. The SMILES string of the molecule is CC(C)(C)[Si](OCCc1ccc(B(O)O)cc1)(c1ccccc1)c1ccccc1. The van der Waals surface area contributed by atoms with Gasteiger partial charge in [0.15, 0.2) is 0 Å². The van der Waals surface area contributed by atoms with Gasteiger partial charge in [-0.2, -0.15) is 0 Å². The van der Waals surface area contributed by atoms with Crippen LogP contribution >= 0.6 is 0 Å². The number of rotatable bonds is 7. The van der Waals surface area contributed by atoms with Crippen LogP contribution in [-0.4, -0.2) is 32.1 Å². The van der Waals surface area contributed by atoms with Crippen LogP contribution < -0.4 is 15.8 Å². The summed E-state index contributed by atoms with van der Waals surface area (Å²) in [5, 5.41) is 21.1. The molecule has 3 nitrogen and oxygen atoms in total. The van der Waals surface area contributed by atoms with Crippen LogP contribution in [0.5, 0.6) is 0 Å². The molecule has 0 spiro atoms. The molecular formula is C24H29BO3Si. The molecule has 0 unspecified atom stereocenters. The van der Waals surface area contributed by atoms with Gasteiger partial charge < -0.3 is 14.5 Å². The van der Waals surface area contributed by atoms with Gasteiger partial charge in [-0.15, -0.1) is 0 Å². The lowest BCUT2D eigenvalue weighted by Gasteiger charge is -2.43. The first-order valence-electron chi connectivity index (χ1n) is 10.0. The second-order valence-corrected chi connectivity index (χ2v) is 12.7. The number of hydrogen-bond acceptors (Lipinski definition) is 3. The van der Waals surface area contributed by atoms with Gasteiger partial charge in [-0.1, -0.05) is 106 Å². The summed E-state index contributed by atoms with van der Waals surface area (Å²) in [7, 11) is -3.94. The van der Waals surface area contributed by atoms with Crippen LogP contribution in [0.1, 0.15) is 26.3 Å². The van der Waals surface area contributed by atoms with Gasteiger partial charge in [-0.05, 0) is 32.9 Å². The molecule has 0 radical (unpaired) electrons. The Hall–Kier alpha value is -2.18. The average Bonchev–Trinajstić information content (AvgIpc) is 2.72. The summed E-state index contributed by atoms with van der Waals surface area (Å²) in [6, 6.07) is 28.6. The summed E-state index contributed by atoms with van der Waals surface area (Å²) in [6.45, 7) is 7.43. The normalized spacial score (nSPS) is 12.0. The van der Waals surface area contributed by atoms with E-state index >= 15 is 0 Å². The van der Waals surface area contributed by atoms with Gasteiger partial charge in [-0.3, -0.25) is 0 Å². The molecule has 0 atom stereocenters. The lowest BCUT2D eigenvalue weighted by atomic mass is 9.80. The predicted molar refractivity (Wildman–Crippen MR) is 124 cm³/mol. The Morgan fingerprint density at radius 2 is 1.24 bits per heavy atom. The van der Waals surface area contributed by atoms with Crippen LogP contribution in [0.4, 0.5) is 0 Å². The summed E-state index contributed by atoms with van der Waals surface area (Å²) in [5.41, 5.74) is 1.62. The lowest BCUT2D eigenvalue weighted by molar-refractivity contribution is 0.302. The third-order valence-corrected chi connectivity index (χ3v) is 10.4. The Kier molecular flexibility index (Phi) is 6.75. The maximum Gasteiger partial charge on any atom is 0.488 e. The van der Waals surface area contributed by atoms with Crippen molar-refractivity contribution >= 4 is 31.3 Å². The van der Waals surface area contributed by atoms with Crippen molar-refractivity contribution in [1.82, 2.24) is 0 Å². The highest BCUT2D eigenvalue weighted by Gasteiger charge is 2.49. The zero-order valence-corrected chi connectivity index (χ0v) is 18.4. The molecule has 2 N–H and O–H groups in total. The van der Waals surface area contributed by atoms with Crippen LogP contribution in [0.15, 0.2) is 84.9 Å². The number of hydrogen-bond donors (Lipinski definition) is 2. The monoisotopic (exact) mass is 404 g/mol. The van der Waals surface area contributed by atoms with Crippen molar-refractivity contribution in [3.05, 3.63) is 90.5 Å². The van der Waals surface area contributed by atoms with Crippen molar-refractivity contribution < 1.29 is 14.5 Å². The molecule has 0 fully saturated rings. The van der Waals surface area contributed by atoms with E-state index in [1.54, 1.807) is 12.1 Å². The molecule has 0 aliphatic heterocycles. The molecule has 0 heterocycles. The Bertz CT molecular complexity index is 851. The smallest absolute Gasteiger partial charge is 0.423 e. The Labute approximate surface area is 175 Å². The van der Waals surface area contributed by atoms with E-state index in [1.165, 1.54) is 10.4 Å². The third-order valence-electron chi connectivity index (χ3n) is 5.40. The molecule has 0 saturated heterocycles. The fourth-order valence-electron chi connectivity index (χ4n) is 3.94. The minimum absolute atomic E-state index is 0.0411. The zero-order valence-electron chi connectivity index (χ0n) is 17.4. The molecule has 5 heteroatoms. The fourth-order valence-corrected chi connectivity index (χ4v) is 8.50. The van der Waals surface area contributed by atoms with Crippen molar-refractivity contribution in [2.45, 2.75) is 32.2 Å². The maximum atomic E-state index is 9.28. The van der Waals surface area contributed by atoms with Gasteiger partial charge >= 0.3 is 7.12 Å². The highest BCUT2D eigenvalue weighted by Crippen LogP contribution is 2.36. The second-order valence-electron chi connectivity index (χ2n) is 8.38. The van der Waals surface area contributed by atoms with Crippen LogP contribution in [0.2, 0.25) is 5.04 Å². The summed E-state index contributed by atoms with van der Waals surface area (Å²) < 4.78 is 6.89. The first-order chi connectivity index (χ1) is 13.8. The second kappa shape index (κ2) is 9.10. The van der Waals surface area contributed by atoms with Crippen molar-refractivity contribution in [2.75, 3.05) is 6.61 Å². The molecular weight excluding hydrogens is 375 g/mol. The molecule has 3 rings (SSSR count). The van der Waals surface area contributed by atoms with Crippen LogP contribution in [0, 0.1) is 0 Å². The Morgan fingerprint density at radius 1 is 0.759 bits per heavy atom. The van der Waals surface area contributed by atoms with Crippen molar-refractivity contribution in [3.8, 4) is 0 Å². The third kappa shape index (κ3) is 4.70. The molecule has 0 bridgehead atoms. The van der Waals surface area contributed by atoms with Crippen LogP contribution in [-0.2, 0) is 10.8 Å². The van der Waals surface area contributed by atoms with Gasteiger partial charge in [-0.25, -0.2) is 0 Å². The van der Waals surface area contributed by atoms with Crippen molar-refractivity contribution in [1.29, 1.82) is 0 Å². The highest BCUT2D eigenvalue weighted by atomic mass is 28.4. The summed E-state index contributed by atoms with van der Waals surface area (Å²) in [5.74, 6) is 0. The van der Waals surface area contributed by atoms with Gasteiger partial charge in [0.2, 0.25) is 0 Å². The number of benzene rings is 3. The Balaban J connectivity index is 1.91. The van der Waals surface area contributed by atoms with Gasteiger partial charge in [0.1, 0.15) is 0 Å². The standard InChI is InChI=1S/C24H29BO3Si/c1-24(2,3)29(22-10-6-4-7-11-22,23-12-8-5-9-13-23)28-19-18-20-14-16-21(17-15-20)25(26)27/h4-17,26-27H,18-19H2,1-3H3. The molecule has 150 valence electrons. The summed E-state index contributed by atoms with van der Waals surface area (Å²) in [6.07, 6.45) is 0.770. The lowest BCUT2D eigenvalue weighted by Crippen LogP contribution is -2.66. The Morgan fingerprint density at radius 3 is 1.66 bits per heavy atom. The topological polar surface area (TPSA) is 49.7 Å². The van der Waals surface area contributed by atoms with E-state index in [-0.39, 0.29) is 5.04 Å². The minimum atomic E-state index is -2.51. The quantitative estimate of drug-likeness (QED) is 0.595. The molecule has 0 amide bonds. The van der Waals surface area contributed by atoms with E-state index in [0.717, 1.165) is 12.0 Å². The first-order valence-corrected chi connectivity index (χ1v) is 12.0. The van der Waals surface area contributed by atoms with Crippen molar-refractivity contribution in [3.63, 3.8) is 0 Å². The van der Waals surface area contributed by atoms with E-state index in [4.69, 9.17) is 4.43 Å². The van der Waals surface area contributed by atoms with Crippen LogP contribution in [0.25, 0.3) is 0 Å². The van der Waals surface area contributed by atoms with Crippen molar-refractivity contribution in [2.24, 2.45) is 0 Å². The molecule has 3 aromatic carbocycles. The van der Waals surface area contributed by atoms with E-state index in [0.29, 0.717) is 12.1 Å².